The fraction of sp³-hybridized carbons (Fsp3) is 0.500. The van der Waals surface area contributed by atoms with Crippen LogP contribution in [0, 0.1) is 0 Å². The minimum absolute atomic E-state index is 0.258. The fourth-order valence-electron chi connectivity index (χ4n) is 4.34. The summed E-state index contributed by atoms with van der Waals surface area (Å²) in [5.74, 6) is -0.518. The maximum absolute atomic E-state index is 13.1. The number of likely N-dealkylation sites (N-methyl/N-ethyl adjacent to an activating group) is 1. The van der Waals surface area contributed by atoms with Crippen LogP contribution in [0.25, 0.3) is 0 Å². The van der Waals surface area contributed by atoms with E-state index in [1.165, 1.54) is 37.0 Å². The van der Waals surface area contributed by atoms with Gasteiger partial charge in [0.05, 0.1) is 17.2 Å². The lowest BCUT2D eigenvalue weighted by atomic mass is 9.95. The Labute approximate surface area is 179 Å². The molecule has 162 valence electrons. The highest BCUT2D eigenvalue weighted by molar-refractivity contribution is 6.22. The largest absolute Gasteiger partial charge is 0.390 e. The summed E-state index contributed by atoms with van der Waals surface area (Å²) < 4.78 is 0. The molecule has 3 N–H and O–H groups in total. The molecule has 0 radical (unpaired) electrons. The van der Waals surface area contributed by atoms with E-state index in [4.69, 9.17) is 0 Å². The van der Waals surface area contributed by atoms with Crippen molar-refractivity contribution in [3.63, 3.8) is 0 Å². The number of benzene rings is 1. The lowest BCUT2D eigenvalue weighted by Gasteiger charge is -2.27. The highest BCUT2D eigenvalue weighted by Crippen LogP contribution is 2.30. The van der Waals surface area contributed by atoms with Crippen LogP contribution in [0.5, 0.6) is 0 Å². The van der Waals surface area contributed by atoms with Crippen LogP contribution in [-0.2, 0) is 0 Å². The number of carbonyl (C=O) groups excluding carboxylic acids is 2. The molecule has 1 unspecified atom stereocenters. The van der Waals surface area contributed by atoms with Gasteiger partial charge in [-0.25, -0.2) is 0 Å². The van der Waals surface area contributed by atoms with Crippen molar-refractivity contribution >= 4 is 17.5 Å². The van der Waals surface area contributed by atoms with Gasteiger partial charge in [0.1, 0.15) is 0 Å². The van der Waals surface area contributed by atoms with Crippen LogP contribution in [0.3, 0.4) is 0 Å². The van der Waals surface area contributed by atoms with Crippen molar-refractivity contribution in [3.8, 4) is 0 Å². The Morgan fingerprint density at radius 2 is 1.90 bits per heavy atom. The van der Waals surface area contributed by atoms with Gasteiger partial charge in [0, 0.05) is 37.6 Å². The summed E-state index contributed by atoms with van der Waals surface area (Å²) in [6.07, 6.45) is 9.59. The van der Waals surface area contributed by atoms with E-state index in [1.54, 1.807) is 25.3 Å². The number of allylic oxidation sites excluding steroid dienone is 1. The van der Waals surface area contributed by atoms with Crippen LogP contribution in [0.1, 0.15) is 65.7 Å². The van der Waals surface area contributed by atoms with Gasteiger partial charge < -0.3 is 16.0 Å². The first-order chi connectivity index (χ1) is 14.6. The first-order valence-electron chi connectivity index (χ1n) is 11.0. The highest BCUT2D eigenvalue weighted by Gasteiger charge is 2.40. The Kier molecular flexibility index (Phi) is 7.69. The first kappa shape index (κ1) is 22.1. The third kappa shape index (κ3) is 4.93. The van der Waals surface area contributed by atoms with Crippen LogP contribution < -0.4 is 16.0 Å². The van der Waals surface area contributed by atoms with Crippen molar-refractivity contribution in [2.24, 2.45) is 0 Å². The van der Waals surface area contributed by atoms with Crippen molar-refractivity contribution in [2.75, 3.05) is 25.5 Å². The van der Waals surface area contributed by atoms with Gasteiger partial charge in [0.25, 0.3) is 11.8 Å². The second-order valence-corrected chi connectivity index (χ2v) is 8.11. The van der Waals surface area contributed by atoms with Crippen LogP contribution in [0.2, 0.25) is 0 Å². The van der Waals surface area contributed by atoms with E-state index in [0.717, 1.165) is 18.8 Å². The molecule has 1 saturated carbocycles. The maximum Gasteiger partial charge on any atom is 0.262 e. The van der Waals surface area contributed by atoms with E-state index < -0.39 is 6.04 Å². The normalized spacial score (nSPS) is 17.6. The summed E-state index contributed by atoms with van der Waals surface area (Å²) in [4.78, 5) is 27.4. The third-order valence-electron chi connectivity index (χ3n) is 6.09. The van der Waals surface area contributed by atoms with Crippen LogP contribution in [-0.4, -0.2) is 48.9 Å². The van der Waals surface area contributed by atoms with E-state index in [9.17, 15) is 9.59 Å². The zero-order valence-electron chi connectivity index (χ0n) is 18.0. The molecule has 6 heteroatoms. The summed E-state index contributed by atoms with van der Waals surface area (Å²) >= 11 is 0. The predicted molar refractivity (Wildman–Crippen MR) is 122 cm³/mol. The molecule has 1 aromatic rings. The quantitative estimate of drug-likeness (QED) is 0.295. The molecule has 30 heavy (non-hydrogen) atoms. The molecule has 6 nitrogen and oxygen atoms in total. The van der Waals surface area contributed by atoms with Crippen LogP contribution >= 0.6 is 0 Å². The number of nitrogens with zero attached hydrogens (tertiary/aromatic N) is 1. The summed E-state index contributed by atoms with van der Waals surface area (Å²) in [5, 5.41) is 9.98. The van der Waals surface area contributed by atoms with E-state index in [1.807, 2.05) is 6.07 Å². The van der Waals surface area contributed by atoms with Gasteiger partial charge in [-0.2, -0.15) is 0 Å². The summed E-state index contributed by atoms with van der Waals surface area (Å²) in [6.45, 7) is 9.40. The third-order valence-corrected chi connectivity index (χ3v) is 6.09. The topological polar surface area (TPSA) is 73.5 Å². The summed E-state index contributed by atoms with van der Waals surface area (Å²) in [7, 11) is 1.75. The van der Waals surface area contributed by atoms with Gasteiger partial charge in [-0.05, 0) is 43.9 Å². The lowest BCUT2D eigenvalue weighted by molar-refractivity contribution is 0.0598. The molecule has 1 fully saturated rings. The van der Waals surface area contributed by atoms with Crippen molar-refractivity contribution < 1.29 is 9.59 Å². The zero-order chi connectivity index (χ0) is 21.5. The Hall–Kier alpha value is -2.60. The molecular formula is C24H34N4O2. The van der Waals surface area contributed by atoms with E-state index in [-0.39, 0.29) is 11.8 Å². The van der Waals surface area contributed by atoms with Gasteiger partial charge in [0.15, 0.2) is 0 Å². The molecule has 0 saturated heterocycles. The summed E-state index contributed by atoms with van der Waals surface area (Å²) in [5.41, 5.74) is 2.42. The second kappa shape index (κ2) is 10.4. The standard InChI is InChI=1S/C24H34N4O2/c1-4-5-11-22(17(2)25-3)28-23(29)20-13-12-19(16-21(20)24(28)30)27-15-14-26-18-9-7-6-8-10-18/h4,12-13,16,18,22,25-27H,1-2,5-11,14-15H2,3H3. The van der Waals surface area contributed by atoms with Gasteiger partial charge in [-0.1, -0.05) is 31.9 Å². The predicted octanol–water partition coefficient (Wildman–Crippen LogP) is 3.68. The molecule has 1 aromatic carbocycles. The minimum Gasteiger partial charge on any atom is -0.390 e. The first-order valence-corrected chi connectivity index (χ1v) is 11.0. The molecule has 0 spiro atoms. The average Bonchev–Trinajstić information content (AvgIpc) is 3.02. The molecule has 2 amide bonds. The number of imide groups is 1. The van der Waals surface area contributed by atoms with Crippen molar-refractivity contribution in [3.05, 3.63) is 54.3 Å². The minimum atomic E-state index is -0.392. The Bertz CT molecular complexity index is 798. The molecule has 1 atom stereocenters. The Balaban J connectivity index is 1.63. The van der Waals surface area contributed by atoms with E-state index >= 15 is 0 Å². The molecule has 1 aliphatic carbocycles. The van der Waals surface area contributed by atoms with Crippen LogP contribution in [0.4, 0.5) is 5.69 Å². The van der Waals surface area contributed by atoms with Gasteiger partial charge >= 0.3 is 0 Å². The fourth-order valence-corrected chi connectivity index (χ4v) is 4.34. The van der Waals surface area contributed by atoms with Gasteiger partial charge in [-0.15, -0.1) is 6.58 Å². The number of carbonyl (C=O) groups is 2. The Morgan fingerprint density at radius 3 is 2.60 bits per heavy atom. The second-order valence-electron chi connectivity index (χ2n) is 8.11. The molecule has 1 aliphatic heterocycles. The zero-order valence-corrected chi connectivity index (χ0v) is 18.0. The van der Waals surface area contributed by atoms with E-state index in [2.05, 4.69) is 29.1 Å². The summed E-state index contributed by atoms with van der Waals surface area (Å²) in [6, 6.07) is 5.65. The van der Waals surface area contributed by atoms with Crippen molar-refractivity contribution in [1.82, 2.24) is 15.5 Å². The van der Waals surface area contributed by atoms with Crippen molar-refractivity contribution in [1.29, 1.82) is 0 Å². The number of hydrogen-bond donors (Lipinski definition) is 3. The maximum atomic E-state index is 13.1. The van der Waals surface area contributed by atoms with Gasteiger partial charge in [0.2, 0.25) is 0 Å². The van der Waals surface area contributed by atoms with Crippen molar-refractivity contribution in [2.45, 2.75) is 57.0 Å². The number of anilines is 1. The molecule has 1 heterocycles. The number of fused-ring (bicyclic) bond motifs is 1. The molecule has 0 aromatic heterocycles. The average molecular weight is 411 g/mol. The highest BCUT2D eigenvalue weighted by atomic mass is 16.2. The SMILES string of the molecule is C=CCCC(C(=C)NC)N1C(=O)c2ccc(NCCNC3CCCCC3)cc2C1=O. The number of nitrogens with one attached hydrogen (secondary N) is 3. The molecule has 2 aliphatic rings. The molecular weight excluding hydrogens is 376 g/mol. The number of amides is 2. The van der Waals surface area contributed by atoms with Gasteiger partial charge in [-0.3, -0.25) is 14.5 Å². The number of rotatable bonds is 11. The van der Waals surface area contributed by atoms with Crippen LogP contribution in [0.15, 0.2) is 43.1 Å². The monoisotopic (exact) mass is 410 g/mol. The van der Waals surface area contributed by atoms with E-state index in [0.29, 0.717) is 35.7 Å². The number of hydrogen-bond acceptors (Lipinski definition) is 5. The molecule has 3 rings (SSSR count). The Morgan fingerprint density at radius 1 is 1.17 bits per heavy atom. The molecule has 0 bridgehead atoms. The smallest absolute Gasteiger partial charge is 0.262 e. The lowest BCUT2D eigenvalue weighted by Crippen LogP contribution is -2.43.